The number of rotatable bonds is 5. The van der Waals surface area contributed by atoms with E-state index in [1.807, 2.05) is 60.3 Å². The number of fused-ring (bicyclic) bond motifs is 1. The minimum atomic E-state index is -0.186. The molecular formula is C21H25N5O2. The van der Waals surface area contributed by atoms with E-state index in [0.29, 0.717) is 0 Å². The Kier molecular flexibility index (Phi) is 5.06. The Morgan fingerprint density at radius 1 is 1.29 bits per heavy atom. The number of hydrogen-bond donors (Lipinski definition) is 2. The largest absolute Gasteiger partial charge is 0.495 e. The molecule has 1 fully saturated rings. The Balaban J connectivity index is 1.38. The van der Waals surface area contributed by atoms with Gasteiger partial charge in [0.1, 0.15) is 5.75 Å². The van der Waals surface area contributed by atoms with Crippen LogP contribution in [-0.2, 0) is 6.54 Å². The topological polar surface area (TPSA) is 71.4 Å². The zero-order chi connectivity index (χ0) is 19.5. The van der Waals surface area contributed by atoms with Crippen molar-refractivity contribution in [1.29, 1.82) is 0 Å². The molecule has 1 aliphatic rings. The number of benzene rings is 2. The molecule has 0 bridgehead atoms. The summed E-state index contributed by atoms with van der Waals surface area (Å²) in [5.41, 5.74) is 2.84. The molecular weight excluding hydrogens is 354 g/mol. The van der Waals surface area contributed by atoms with Gasteiger partial charge in [-0.25, -0.2) is 4.79 Å². The molecule has 146 valence electrons. The number of nitrogens with zero attached hydrogens (tertiary/aromatic N) is 3. The molecule has 1 atom stereocenters. The molecule has 7 nitrogen and oxygen atoms in total. The Labute approximate surface area is 164 Å². The van der Waals surface area contributed by atoms with Crippen LogP contribution in [-0.4, -0.2) is 42.1 Å². The molecule has 1 aliphatic heterocycles. The van der Waals surface area contributed by atoms with Gasteiger partial charge in [-0.1, -0.05) is 12.1 Å². The lowest BCUT2D eigenvalue weighted by atomic mass is 10.2. The first kappa shape index (κ1) is 18.2. The highest BCUT2D eigenvalue weighted by Gasteiger charge is 2.25. The van der Waals surface area contributed by atoms with Gasteiger partial charge in [-0.2, -0.15) is 5.10 Å². The van der Waals surface area contributed by atoms with E-state index in [0.717, 1.165) is 54.1 Å². The summed E-state index contributed by atoms with van der Waals surface area (Å²) in [5, 5.41) is 11.4. The molecule has 0 saturated carbocycles. The first-order valence-corrected chi connectivity index (χ1v) is 9.59. The first-order valence-electron chi connectivity index (χ1n) is 9.59. The Morgan fingerprint density at radius 3 is 2.96 bits per heavy atom. The minimum Gasteiger partial charge on any atom is -0.495 e. The zero-order valence-electron chi connectivity index (χ0n) is 16.2. The monoisotopic (exact) mass is 379 g/mol. The molecule has 2 amide bonds. The highest BCUT2D eigenvalue weighted by Crippen LogP contribution is 2.30. The molecule has 7 heteroatoms. The summed E-state index contributed by atoms with van der Waals surface area (Å²) in [7, 11) is 1.68. The number of amides is 2. The molecule has 0 aliphatic carbocycles. The molecule has 3 aromatic rings. The van der Waals surface area contributed by atoms with E-state index in [4.69, 9.17) is 4.74 Å². The van der Waals surface area contributed by atoms with E-state index in [1.165, 1.54) is 0 Å². The maximum atomic E-state index is 12.5. The highest BCUT2D eigenvalue weighted by molar-refractivity contribution is 5.92. The van der Waals surface area contributed by atoms with E-state index in [-0.39, 0.29) is 12.1 Å². The van der Waals surface area contributed by atoms with Crippen molar-refractivity contribution in [3.8, 4) is 5.75 Å². The summed E-state index contributed by atoms with van der Waals surface area (Å²) in [6.45, 7) is 4.48. The van der Waals surface area contributed by atoms with Gasteiger partial charge in [-0.05, 0) is 43.7 Å². The number of aromatic nitrogens is 2. The van der Waals surface area contributed by atoms with Gasteiger partial charge in [0.2, 0.25) is 0 Å². The number of aryl methyl sites for hydroxylation is 1. The summed E-state index contributed by atoms with van der Waals surface area (Å²) in [6.07, 6.45) is 2.74. The average molecular weight is 379 g/mol. The lowest BCUT2D eigenvalue weighted by Crippen LogP contribution is -2.39. The predicted molar refractivity (Wildman–Crippen MR) is 111 cm³/mol. The van der Waals surface area contributed by atoms with Gasteiger partial charge in [0, 0.05) is 36.7 Å². The van der Waals surface area contributed by atoms with Crippen LogP contribution in [0.4, 0.5) is 16.2 Å². The molecule has 28 heavy (non-hydrogen) atoms. The molecule has 4 rings (SSSR count). The number of ether oxygens (including phenoxy) is 1. The van der Waals surface area contributed by atoms with Crippen LogP contribution in [0.2, 0.25) is 0 Å². The first-order chi connectivity index (χ1) is 13.7. The summed E-state index contributed by atoms with van der Waals surface area (Å²) in [5.74, 6) is 0.855. The second kappa shape index (κ2) is 7.80. The maximum Gasteiger partial charge on any atom is 0.319 e. The Bertz CT molecular complexity index is 984. The number of anilines is 2. The van der Waals surface area contributed by atoms with Crippen molar-refractivity contribution < 1.29 is 9.53 Å². The smallest absolute Gasteiger partial charge is 0.319 e. The lowest BCUT2D eigenvalue weighted by molar-refractivity contribution is 0.249. The fourth-order valence-corrected chi connectivity index (χ4v) is 3.74. The van der Waals surface area contributed by atoms with Crippen molar-refractivity contribution in [2.45, 2.75) is 25.9 Å². The molecule has 1 unspecified atom stereocenters. The number of nitrogens with one attached hydrogen (secondary N) is 2. The van der Waals surface area contributed by atoms with Crippen molar-refractivity contribution in [3.05, 3.63) is 48.7 Å². The molecule has 1 aromatic heterocycles. The Hall–Kier alpha value is -3.22. The van der Waals surface area contributed by atoms with Crippen molar-refractivity contribution in [3.63, 3.8) is 0 Å². The number of para-hydroxylation sites is 2. The normalized spacial score (nSPS) is 16.4. The molecule has 0 radical (unpaired) electrons. The molecule has 2 N–H and O–H groups in total. The molecule has 2 heterocycles. The van der Waals surface area contributed by atoms with Crippen LogP contribution in [0, 0.1) is 0 Å². The molecule has 1 saturated heterocycles. The summed E-state index contributed by atoms with van der Waals surface area (Å²) in [4.78, 5) is 14.7. The van der Waals surface area contributed by atoms with Crippen LogP contribution >= 0.6 is 0 Å². The fraction of sp³-hybridized carbons (Fsp3) is 0.333. The van der Waals surface area contributed by atoms with Crippen LogP contribution in [0.3, 0.4) is 0 Å². The van der Waals surface area contributed by atoms with Gasteiger partial charge in [-0.3, -0.25) is 4.68 Å². The van der Waals surface area contributed by atoms with Crippen molar-refractivity contribution in [2.75, 3.05) is 30.4 Å². The standard InChI is InChI=1S/C21H25N5O2/c1-3-26-19-12-16(9-8-15(19)13-22-26)23-21(27)24-17-10-11-25(14-17)18-6-4-5-7-20(18)28-2/h4-9,12-13,17H,3,10-11,14H2,1-2H3,(H2,23,24,27). The number of hydrogen-bond acceptors (Lipinski definition) is 4. The highest BCUT2D eigenvalue weighted by atomic mass is 16.5. The van der Waals surface area contributed by atoms with Crippen LogP contribution in [0.5, 0.6) is 5.75 Å². The third-order valence-electron chi connectivity index (χ3n) is 5.15. The van der Waals surface area contributed by atoms with E-state index >= 15 is 0 Å². The Morgan fingerprint density at radius 2 is 2.14 bits per heavy atom. The number of methoxy groups -OCH3 is 1. The van der Waals surface area contributed by atoms with E-state index < -0.39 is 0 Å². The summed E-state index contributed by atoms with van der Waals surface area (Å²) in [6, 6.07) is 13.7. The van der Waals surface area contributed by atoms with Gasteiger partial charge in [0.05, 0.1) is 24.5 Å². The summed E-state index contributed by atoms with van der Waals surface area (Å²) >= 11 is 0. The van der Waals surface area contributed by atoms with Gasteiger partial charge in [-0.15, -0.1) is 0 Å². The van der Waals surface area contributed by atoms with Crippen LogP contribution < -0.4 is 20.3 Å². The van der Waals surface area contributed by atoms with Gasteiger partial charge in [0.25, 0.3) is 0 Å². The number of carbonyl (C=O) groups excluding carboxylic acids is 1. The molecule has 0 spiro atoms. The van der Waals surface area contributed by atoms with E-state index in [2.05, 4.69) is 20.6 Å². The van der Waals surface area contributed by atoms with E-state index in [9.17, 15) is 4.79 Å². The third kappa shape index (κ3) is 3.60. The fourth-order valence-electron chi connectivity index (χ4n) is 3.74. The minimum absolute atomic E-state index is 0.0924. The molecule has 2 aromatic carbocycles. The zero-order valence-corrected chi connectivity index (χ0v) is 16.2. The predicted octanol–water partition coefficient (Wildman–Crippen LogP) is 3.47. The van der Waals surface area contributed by atoms with Gasteiger partial charge >= 0.3 is 6.03 Å². The van der Waals surface area contributed by atoms with Crippen molar-refractivity contribution in [2.24, 2.45) is 0 Å². The lowest BCUT2D eigenvalue weighted by Gasteiger charge is -2.21. The summed E-state index contributed by atoms with van der Waals surface area (Å²) < 4.78 is 7.37. The quantitative estimate of drug-likeness (QED) is 0.712. The SMILES string of the molecule is CCn1ncc2ccc(NC(=O)NC3CCN(c4ccccc4OC)C3)cc21. The third-order valence-corrected chi connectivity index (χ3v) is 5.15. The number of urea groups is 1. The van der Waals surface area contributed by atoms with Crippen LogP contribution in [0.25, 0.3) is 10.9 Å². The second-order valence-electron chi connectivity index (χ2n) is 6.94. The maximum absolute atomic E-state index is 12.5. The van der Waals surface area contributed by atoms with Crippen LogP contribution in [0.15, 0.2) is 48.7 Å². The van der Waals surface area contributed by atoms with E-state index in [1.54, 1.807) is 7.11 Å². The van der Waals surface area contributed by atoms with Crippen molar-refractivity contribution >= 4 is 28.3 Å². The van der Waals surface area contributed by atoms with Crippen molar-refractivity contribution in [1.82, 2.24) is 15.1 Å². The average Bonchev–Trinajstić information content (AvgIpc) is 3.34. The second-order valence-corrected chi connectivity index (χ2v) is 6.94. The van der Waals surface area contributed by atoms with Gasteiger partial charge < -0.3 is 20.3 Å². The van der Waals surface area contributed by atoms with Gasteiger partial charge in [0.15, 0.2) is 0 Å². The number of carbonyl (C=O) groups is 1. The van der Waals surface area contributed by atoms with Crippen LogP contribution in [0.1, 0.15) is 13.3 Å².